The standard InChI is InChI=1S/C19H21N3OS/c1-3-4-13-23-16-11-9-15(10-12-16)14-20-21-19-22(2)17-7-5-6-8-18(17)24-19/h5-12,14H,3-4,13H2,1-2H3/b20-14+,21-19+. The van der Waals surface area contributed by atoms with Crippen molar-refractivity contribution in [3.63, 3.8) is 0 Å². The van der Waals surface area contributed by atoms with Crippen LogP contribution >= 0.6 is 11.3 Å². The maximum atomic E-state index is 5.65. The van der Waals surface area contributed by atoms with Gasteiger partial charge in [0.15, 0.2) is 0 Å². The molecule has 0 amide bonds. The number of benzene rings is 2. The number of hydrogen-bond donors (Lipinski definition) is 0. The third-order valence-electron chi connectivity index (χ3n) is 3.71. The average Bonchev–Trinajstić information content (AvgIpc) is 2.93. The van der Waals surface area contributed by atoms with E-state index in [0.29, 0.717) is 0 Å². The van der Waals surface area contributed by atoms with Crippen molar-refractivity contribution in [2.45, 2.75) is 19.8 Å². The molecular weight excluding hydrogens is 318 g/mol. The Morgan fingerprint density at radius 1 is 1.12 bits per heavy atom. The van der Waals surface area contributed by atoms with E-state index in [0.717, 1.165) is 35.6 Å². The maximum Gasteiger partial charge on any atom is 0.211 e. The van der Waals surface area contributed by atoms with Crippen LogP contribution in [0.25, 0.3) is 10.2 Å². The highest BCUT2D eigenvalue weighted by molar-refractivity contribution is 7.16. The highest BCUT2D eigenvalue weighted by atomic mass is 32.1. The molecule has 3 aromatic rings. The molecule has 0 radical (unpaired) electrons. The first kappa shape index (κ1) is 16.5. The van der Waals surface area contributed by atoms with E-state index >= 15 is 0 Å². The molecule has 0 N–H and O–H groups in total. The molecule has 5 heteroatoms. The van der Waals surface area contributed by atoms with Crippen LogP contribution < -0.4 is 9.54 Å². The number of aromatic nitrogens is 1. The summed E-state index contributed by atoms with van der Waals surface area (Å²) in [6, 6.07) is 16.2. The Balaban J connectivity index is 1.72. The zero-order valence-electron chi connectivity index (χ0n) is 14.0. The molecule has 24 heavy (non-hydrogen) atoms. The molecule has 0 bridgehead atoms. The second-order valence-electron chi connectivity index (χ2n) is 5.53. The van der Waals surface area contributed by atoms with Gasteiger partial charge in [0, 0.05) is 7.05 Å². The summed E-state index contributed by atoms with van der Waals surface area (Å²) in [6.45, 7) is 2.92. The largest absolute Gasteiger partial charge is 0.494 e. The summed E-state index contributed by atoms with van der Waals surface area (Å²) in [4.78, 5) is 0.881. The number of hydrogen-bond acceptors (Lipinski definition) is 4. The number of fused-ring (bicyclic) bond motifs is 1. The van der Waals surface area contributed by atoms with Crippen LogP contribution in [0.4, 0.5) is 0 Å². The van der Waals surface area contributed by atoms with Crippen LogP contribution in [0, 0.1) is 0 Å². The molecule has 1 aromatic heterocycles. The third-order valence-corrected chi connectivity index (χ3v) is 4.81. The van der Waals surface area contributed by atoms with Crippen LogP contribution in [0.1, 0.15) is 25.3 Å². The second-order valence-corrected chi connectivity index (χ2v) is 6.54. The van der Waals surface area contributed by atoms with Gasteiger partial charge in [0.05, 0.1) is 23.0 Å². The van der Waals surface area contributed by atoms with Crippen molar-refractivity contribution in [2.24, 2.45) is 17.3 Å². The molecule has 1 heterocycles. The van der Waals surface area contributed by atoms with E-state index in [9.17, 15) is 0 Å². The molecule has 0 aliphatic carbocycles. The van der Waals surface area contributed by atoms with Gasteiger partial charge in [-0.25, -0.2) is 0 Å². The molecule has 2 aromatic carbocycles. The van der Waals surface area contributed by atoms with Gasteiger partial charge in [-0.15, -0.1) is 5.10 Å². The molecule has 0 aliphatic rings. The molecule has 0 atom stereocenters. The lowest BCUT2D eigenvalue weighted by Gasteiger charge is -2.04. The third kappa shape index (κ3) is 3.92. The summed E-state index contributed by atoms with van der Waals surface area (Å²) in [5, 5.41) is 8.56. The van der Waals surface area contributed by atoms with Crippen molar-refractivity contribution in [1.29, 1.82) is 0 Å². The van der Waals surface area contributed by atoms with E-state index < -0.39 is 0 Å². The first-order chi connectivity index (χ1) is 11.8. The van der Waals surface area contributed by atoms with Crippen molar-refractivity contribution < 1.29 is 4.74 Å². The van der Waals surface area contributed by atoms with Gasteiger partial charge in [0.25, 0.3) is 0 Å². The number of ether oxygens (including phenoxy) is 1. The van der Waals surface area contributed by atoms with E-state index in [1.807, 2.05) is 43.4 Å². The van der Waals surface area contributed by atoms with Gasteiger partial charge >= 0.3 is 0 Å². The van der Waals surface area contributed by atoms with Crippen LogP contribution in [0.15, 0.2) is 58.7 Å². The lowest BCUT2D eigenvalue weighted by molar-refractivity contribution is 0.309. The second kappa shape index (κ2) is 7.93. The van der Waals surface area contributed by atoms with E-state index in [1.54, 1.807) is 17.6 Å². The zero-order chi connectivity index (χ0) is 16.8. The summed E-state index contributed by atoms with van der Waals surface area (Å²) >= 11 is 1.64. The Labute approximate surface area is 145 Å². The monoisotopic (exact) mass is 339 g/mol. The molecule has 0 aliphatic heterocycles. The first-order valence-electron chi connectivity index (χ1n) is 8.12. The van der Waals surface area contributed by atoms with Gasteiger partial charge in [-0.2, -0.15) is 5.10 Å². The predicted molar refractivity (Wildman–Crippen MR) is 101 cm³/mol. The molecule has 0 unspecified atom stereocenters. The fourth-order valence-corrected chi connectivity index (χ4v) is 3.28. The number of rotatable bonds is 6. The Morgan fingerprint density at radius 2 is 1.92 bits per heavy atom. The molecule has 4 nitrogen and oxygen atoms in total. The van der Waals surface area contributed by atoms with Gasteiger partial charge < -0.3 is 9.30 Å². The summed E-state index contributed by atoms with van der Waals surface area (Å²) in [5.74, 6) is 0.897. The number of unbranched alkanes of at least 4 members (excludes halogenated alkanes) is 1. The van der Waals surface area contributed by atoms with Crippen molar-refractivity contribution in [2.75, 3.05) is 6.61 Å². The normalized spacial score (nSPS) is 12.3. The summed E-state index contributed by atoms with van der Waals surface area (Å²) in [7, 11) is 2.01. The highest BCUT2D eigenvalue weighted by Crippen LogP contribution is 2.15. The summed E-state index contributed by atoms with van der Waals surface area (Å²) in [6.07, 6.45) is 3.98. The SMILES string of the molecule is CCCCOc1ccc(/C=N/N=c2/sc3ccccc3n2C)cc1. The minimum Gasteiger partial charge on any atom is -0.494 e. The molecule has 0 fully saturated rings. The number of thiazole rings is 1. The predicted octanol–water partition coefficient (Wildman–Crippen LogP) is 4.35. The van der Waals surface area contributed by atoms with Gasteiger partial charge in [-0.3, -0.25) is 0 Å². The van der Waals surface area contributed by atoms with Crippen molar-refractivity contribution >= 4 is 27.8 Å². The van der Waals surface area contributed by atoms with Crippen LogP contribution in [-0.4, -0.2) is 17.4 Å². The van der Waals surface area contributed by atoms with Crippen LogP contribution in [0.5, 0.6) is 5.75 Å². The van der Waals surface area contributed by atoms with Crippen LogP contribution in [0.3, 0.4) is 0 Å². The van der Waals surface area contributed by atoms with Crippen molar-refractivity contribution in [3.05, 3.63) is 58.9 Å². The smallest absolute Gasteiger partial charge is 0.211 e. The van der Waals surface area contributed by atoms with Gasteiger partial charge in [-0.05, 0) is 48.4 Å². The van der Waals surface area contributed by atoms with E-state index in [1.165, 1.54) is 10.2 Å². The molecular formula is C19H21N3OS. The topological polar surface area (TPSA) is 38.9 Å². The first-order valence-corrected chi connectivity index (χ1v) is 8.94. The fourth-order valence-electron chi connectivity index (χ4n) is 2.31. The van der Waals surface area contributed by atoms with E-state index in [4.69, 9.17) is 4.74 Å². The number of aryl methyl sites for hydroxylation is 1. The number of nitrogens with zero attached hydrogens (tertiary/aromatic N) is 3. The van der Waals surface area contributed by atoms with E-state index in [-0.39, 0.29) is 0 Å². The zero-order valence-corrected chi connectivity index (χ0v) is 14.8. The Hall–Kier alpha value is -2.40. The van der Waals surface area contributed by atoms with Crippen molar-refractivity contribution in [1.82, 2.24) is 4.57 Å². The minimum absolute atomic E-state index is 0.766. The summed E-state index contributed by atoms with van der Waals surface area (Å²) < 4.78 is 8.92. The molecule has 3 rings (SSSR count). The van der Waals surface area contributed by atoms with Gasteiger partial charge in [0.1, 0.15) is 5.75 Å². The quantitative estimate of drug-likeness (QED) is 0.374. The molecule has 124 valence electrons. The van der Waals surface area contributed by atoms with Crippen molar-refractivity contribution in [3.8, 4) is 5.75 Å². The maximum absolute atomic E-state index is 5.65. The van der Waals surface area contributed by atoms with Crippen LogP contribution in [-0.2, 0) is 7.05 Å². The van der Waals surface area contributed by atoms with E-state index in [2.05, 4.69) is 33.8 Å². The lowest BCUT2D eigenvalue weighted by atomic mass is 10.2. The fraction of sp³-hybridized carbons (Fsp3) is 0.263. The Kier molecular flexibility index (Phi) is 5.43. The molecule has 0 saturated carbocycles. The lowest BCUT2D eigenvalue weighted by Crippen LogP contribution is -2.08. The average molecular weight is 339 g/mol. The Bertz CT molecular complexity index is 891. The highest BCUT2D eigenvalue weighted by Gasteiger charge is 2.00. The van der Waals surface area contributed by atoms with Crippen LogP contribution in [0.2, 0.25) is 0 Å². The number of para-hydroxylation sites is 1. The Morgan fingerprint density at radius 3 is 2.67 bits per heavy atom. The summed E-state index contributed by atoms with van der Waals surface area (Å²) in [5.41, 5.74) is 2.18. The van der Waals surface area contributed by atoms with Gasteiger partial charge in [-0.1, -0.05) is 36.8 Å². The minimum atomic E-state index is 0.766. The molecule has 0 spiro atoms. The molecule has 0 saturated heterocycles. The van der Waals surface area contributed by atoms with Gasteiger partial charge in [0.2, 0.25) is 4.80 Å².